The van der Waals surface area contributed by atoms with Gasteiger partial charge in [0.15, 0.2) is 0 Å². The number of carbonyl (C=O) groups is 1. The van der Waals surface area contributed by atoms with Crippen molar-refractivity contribution in [2.24, 2.45) is 0 Å². The Bertz CT molecular complexity index is 450. The summed E-state index contributed by atoms with van der Waals surface area (Å²) in [6.07, 6.45) is 0.496. The zero-order valence-corrected chi connectivity index (χ0v) is 9.10. The van der Waals surface area contributed by atoms with Crippen LogP contribution in [0.4, 0.5) is 5.69 Å². The third-order valence-electron chi connectivity index (χ3n) is 2.75. The van der Waals surface area contributed by atoms with Gasteiger partial charge in [-0.2, -0.15) is 5.26 Å². The molecule has 1 heterocycles. The molecule has 0 bridgehead atoms. The van der Waals surface area contributed by atoms with Gasteiger partial charge in [0.25, 0.3) is 0 Å². The normalized spacial score (nSPS) is 19.6. The van der Waals surface area contributed by atoms with E-state index in [0.29, 0.717) is 18.5 Å². The molecule has 4 heteroatoms. The Kier molecular flexibility index (Phi) is 2.78. The van der Waals surface area contributed by atoms with Crippen LogP contribution in [0.25, 0.3) is 0 Å². The van der Waals surface area contributed by atoms with Crippen molar-refractivity contribution in [1.29, 1.82) is 5.26 Å². The lowest BCUT2D eigenvalue weighted by molar-refractivity contribution is -0.126. The van der Waals surface area contributed by atoms with E-state index in [1.165, 1.54) is 0 Å². The highest BCUT2D eigenvalue weighted by molar-refractivity contribution is 5.79. The molecule has 0 spiro atoms. The molecular formula is C12H13N3O. The van der Waals surface area contributed by atoms with Gasteiger partial charge in [-0.1, -0.05) is 12.1 Å². The molecule has 1 N–H and O–H groups in total. The van der Waals surface area contributed by atoms with E-state index in [0.717, 1.165) is 5.69 Å². The van der Waals surface area contributed by atoms with Crippen molar-refractivity contribution in [2.75, 3.05) is 18.9 Å². The van der Waals surface area contributed by atoms with Gasteiger partial charge in [0.05, 0.1) is 17.3 Å². The molecule has 1 aromatic carbocycles. The van der Waals surface area contributed by atoms with E-state index in [-0.39, 0.29) is 11.9 Å². The van der Waals surface area contributed by atoms with Gasteiger partial charge in [-0.25, -0.2) is 0 Å². The smallest absolute Gasteiger partial charge is 0.224 e. The third kappa shape index (κ3) is 1.98. The SMILES string of the molecule is CN1C[C@@H](Nc2ccccc2C#N)CC1=O. The number of anilines is 1. The molecule has 1 fully saturated rings. The van der Waals surface area contributed by atoms with E-state index < -0.39 is 0 Å². The van der Waals surface area contributed by atoms with Crippen LogP contribution in [0.3, 0.4) is 0 Å². The van der Waals surface area contributed by atoms with Gasteiger partial charge in [0.1, 0.15) is 6.07 Å². The molecule has 1 atom stereocenters. The van der Waals surface area contributed by atoms with Gasteiger partial charge in [0, 0.05) is 20.0 Å². The van der Waals surface area contributed by atoms with Crippen LogP contribution in [0.5, 0.6) is 0 Å². The molecule has 0 unspecified atom stereocenters. The fourth-order valence-corrected chi connectivity index (χ4v) is 1.89. The summed E-state index contributed by atoms with van der Waals surface area (Å²) in [5.41, 5.74) is 1.42. The average Bonchev–Trinajstić information content (AvgIpc) is 2.59. The van der Waals surface area contributed by atoms with Crippen molar-refractivity contribution >= 4 is 11.6 Å². The number of benzene rings is 1. The fourth-order valence-electron chi connectivity index (χ4n) is 1.89. The zero-order chi connectivity index (χ0) is 11.5. The molecule has 2 rings (SSSR count). The second-order valence-electron chi connectivity index (χ2n) is 3.98. The van der Waals surface area contributed by atoms with Gasteiger partial charge in [0.2, 0.25) is 5.91 Å². The summed E-state index contributed by atoms with van der Waals surface area (Å²) in [7, 11) is 1.79. The van der Waals surface area contributed by atoms with E-state index in [2.05, 4.69) is 11.4 Å². The lowest BCUT2D eigenvalue weighted by atomic mass is 10.1. The first-order valence-corrected chi connectivity index (χ1v) is 5.20. The molecule has 1 amide bonds. The minimum Gasteiger partial charge on any atom is -0.379 e. The number of likely N-dealkylation sites (N-methyl/N-ethyl adjacent to an activating group) is 1. The number of nitriles is 1. The first-order chi connectivity index (χ1) is 7.70. The number of para-hydroxylation sites is 1. The maximum atomic E-state index is 11.4. The highest BCUT2D eigenvalue weighted by Crippen LogP contribution is 2.18. The molecule has 82 valence electrons. The molecule has 1 aromatic rings. The molecule has 0 radical (unpaired) electrons. The number of carbonyl (C=O) groups excluding carboxylic acids is 1. The highest BCUT2D eigenvalue weighted by Gasteiger charge is 2.26. The molecular weight excluding hydrogens is 202 g/mol. The molecule has 0 saturated carbocycles. The van der Waals surface area contributed by atoms with E-state index in [1.807, 2.05) is 18.2 Å². The van der Waals surface area contributed by atoms with Crippen molar-refractivity contribution in [3.05, 3.63) is 29.8 Å². The number of hydrogen-bond donors (Lipinski definition) is 1. The summed E-state index contributed by atoms with van der Waals surface area (Å²) in [5, 5.41) is 12.2. The van der Waals surface area contributed by atoms with Gasteiger partial charge in [-0.05, 0) is 12.1 Å². The van der Waals surface area contributed by atoms with Crippen molar-refractivity contribution in [2.45, 2.75) is 12.5 Å². The van der Waals surface area contributed by atoms with Crippen LogP contribution in [0.15, 0.2) is 24.3 Å². The van der Waals surface area contributed by atoms with Crippen LogP contribution in [0.1, 0.15) is 12.0 Å². The summed E-state index contributed by atoms with van der Waals surface area (Å²) < 4.78 is 0. The van der Waals surface area contributed by atoms with Crippen LogP contribution in [0, 0.1) is 11.3 Å². The monoisotopic (exact) mass is 215 g/mol. The fraction of sp³-hybridized carbons (Fsp3) is 0.333. The van der Waals surface area contributed by atoms with E-state index in [9.17, 15) is 4.79 Å². The van der Waals surface area contributed by atoms with Gasteiger partial charge in [-0.3, -0.25) is 4.79 Å². The lowest BCUT2D eigenvalue weighted by Gasteiger charge is -2.14. The van der Waals surface area contributed by atoms with Gasteiger partial charge >= 0.3 is 0 Å². The van der Waals surface area contributed by atoms with Gasteiger partial charge < -0.3 is 10.2 Å². The standard InChI is InChI=1S/C12H13N3O/c1-15-8-10(6-12(15)16)14-11-5-3-2-4-9(11)7-13/h2-5,10,14H,6,8H2,1H3/t10-/m0/s1. The van der Waals surface area contributed by atoms with E-state index >= 15 is 0 Å². The summed E-state index contributed by atoms with van der Waals surface area (Å²) in [6, 6.07) is 9.57. The molecule has 4 nitrogen and oxygen atoms in total. The van der Waals surface area contributed by atoms with Gasteiger partial charge in [-0.15, -0.1) is 0 Å². The Hall–Kier alpha value is -2.02. The maximum absolute atomic E-state index is 11.4. The molecule has 1 aliphatic heterocycles. The van der Waals surface area contributed by atoms with Crippen molar-refractivity contribution in [3.63, 3.8) is 0 Å². The predicted octanol–water partition coefficient (Wildman–Crippen LogP) is 1.20. The largest absolute Gasteiger partial charge is 0.379 e. The Labute approximate surface area is 94.5 Å². The summed E-state index contributed by atoms with van der Waals surface area (Å²) in [6.45, 7) is 0.693. The highest BCUT2D eigenvalue weighted by atomic mass is 16.2. The molecule has 0 aliphatic carbocycles. The molecule has 1 aliphatic rings. The number of rotatable bonds is 2. The predicted molar refractivity (Wildman–Crippen MR) is 60.8 cm³/mol. The van der Waals surface area contributed by atoms with Crippen molar-refractivity contribution in [3.8, 4) is 6.07 Å². The summed E-state index contributed by atoms with van der Waals surface area (Å²) in [5.74, 6) is 0.145. The maximum Gasteiger partial charge on any atom is 0.224 e. The number of amides is 1. The number of likely N-dealkylation sites (tertiary alicyclic amines) is 1. The molecule has 1 saturated heterocycles. The van der Waals surface area contributed by atoms with Crippen LogP contribution in [-0.2, 0) is 4.79 Å². The number of hydrogen-bond acceptors (Lipinski definition) is 3. The van der Waals surface area contributed by atoms with E-state index in [4.69, 9.17) is 5.26 Å². The Morgan fingerprint density at radius 3 is 2.88 bits per heavy atom. The summed E-state index contributed by atoms with van der Waals surface area (Å²) >= 11 is 0. The minimum atomic E-state index is 0.104. The van der Waals surface area contributed by atoms with Crippen molar-refractivity contribution in [1.82, 2.24) is 4.90 Å². The Morgan fingerprint density at radius 2 is 2.25 bits per heavy atom. The topological polar surface area (TPSA) is 56.1 Å². The minimum absolute atomic E-state index is 0.104. The number of nitrogens with zero attached hydrogens (tertiary/aromatic N) is 2. The lowest BCUT2D eigenvalue weighted by Crippen LogP contribution is -2.24. The second-order valence-corrected chi connectivity index (χ2v) is 3.98. The Morgan fingerprint density at radius 1 is 1.50 bits per heavy atom. The molecule has 16 heavy (non-hydrogen) atoms. The van der Waals surface area contributed by atoms with E-state index in [1.54, 1.807) is 18.0 Å². The molecule has 0 aromatic heterocycles. The van der Waals surface area contributed by atoms with Crippen LogP contribution in [0.2, 0.25) is 0 Å². The quantitative estimate of drug-likeness (QED) is 0.806. The average molecular weight is 215 g/mol. The van der Waals surface area contributed by atoms with Crippen molar-refractivity contribution < 1.29 is 4.79 Å². The Balaban J connectivity index is 2.11. The first-order valence-electron chi connectivity index (χ1n) is 5.20. The van der Waals surface area contributed by atoms with Crippen LogP contribution < -0.4 is 5.32 Å². The summed E-state index contributed by atoms with van der Waals surface area (Å²) in [4.78, 5) is 13.1. The van der Waals surface area contributed by atoms with Crippen LogP contribution >= 0.6 is 0 Å². The number of nitrogens with one attached hydrogen (secondary N) is 1. The third-order valence-corrected chi connectivity index (χ3v) is 2.75. The second kappa shape index (κ2) is 4.23. The first kappa shape index (κ1) is 10.5. The van der Waals surface area contributed by atoms with Crippen LogP contribution in [-0.4, -0.2) is 30.4 Å². The zero-order valence-electron chi connectivity index (χ0n) is 9.10.